The summed E-state index contributed by atoms with van der Waals surface area (Å²) in [5.74, 6) is 0.604. The van der Waals surface area contributed by atoms with Crippen molar-refractivity contribution in [2.24, 2.45) is 0 Å². The SMILES string of the molecule is Cc1csc(CNCC2Cc3cc(F)ccc3O2)n1. The van der Waals surface area contributed by atoms with Gasteiger partial charge in [-0.05, 0) is 25.1 Å². The molecule has 0 radical (unpaired) electrons. The van der Waals surface area contributed by atoms with Crippen LogP contribution >= 0.6 is 11.3 Å². The van der Waals surface area contributed by atoms with E-state index in [-0.39, 0.29) is 11.9 Å². The molecule has 1 aromatic carbocycles. The van der Waals surface area contributed by atoms with Crippen molar-refractivity contribution in [2.75, 3.05) is 6.54 Å². The van der Waals surface area contributed by atoms with E-state index in [1.54, 1.807) is 23.5 Å². The van der Waals surface area contributed by atoms with Crippen LogP contribution in [-0.4, -0.2) is 17.6 Å². The molecule has 0 saturated carbocycles. The molecule has 1 atom stereocenters. The van der Waals surface area contributed by atoms with Crippen LogP contribution in [0.1, 0.15) is 16.3 Å². The second kappa shape index (κ2) is 5.27. The normalized spacial score (nSPS) is 17.3. The molecule has 1 aliphatic heterocycles. The van der Waals surface area contributed by atoms with Crippen LogP contribution in [-0.2, 0) is 13.0 Å². The fraction of sp³-hybridized carbons (Fsp3) is 0.357. The molecule has 1 aliphatic rings. The Bertz CT molecular complexity index is 585. The first-order valence-electron chi connectivity index (χ1n) is 6.27. The fourth-order valence-electron chi connectivity index (χ4n) is 2.23. The van der Waals surface area contributed by atoms with Crippen LogP contribution in [0, 0.1) is 12.7 Å². The predicted octanol–water partition coefficient (Wildman–Crippen LogP) is 2.68. The van der Waals surface area contributed by atoms with Gasteiger partial charge < -0.3 is 10.1 Å². The highest BCUT2D eigenvalue weighted by atomic mass is 32.1. The largest absolute Gasteiger partial charge is 0.488 e. The third-order valence-corrected chi connectivity index (χ3v) is 4.05. The van der Waals surface area contributed by atoms with Gasteiger partial charge in [0.1, 0.15) is 22.7 Å². The first-order chi connectivity index (χ1) is 9.20. The summed E-state index contributed by atoms with van der Waals surface area (Å²) in [6.07, 6.45) is 0.842. The zero-order valence-electron chi connectivity index (χ0n) is 10.6. The molecule has 3 rings (SSSR count). The number of rotatable bonds is 4. The summed E-state index contributed by atoms with van der Waals surface area (Å²) in [6.45, 7) is 3.49. The van der Waals surface area contributed by atoms with Crippen LogP contribution in [0.2, 0.25) is 0 Å². The number of aromatic nitrogens is 1. The number of fused-ring (bicyclic) bond motifs is 1. The quantitative estimate of drug-likeness (QED) is 0.933. The molecule has 0 bridgehead atoms. The molecule has 0 spiro atoms. The lowest BCUT2D eigenvalue weighted by atomic mass is 10.1. The Hall–Kier alpha value is -1.46. The van der Waals surface area contributed by atoms with Crippen molar-refractivity contribution in [3.8, 4) is 5.75 Å². The summed E-state index contributed by atoms with van der Waals surface area (Å²) in [6, 6.07) is 4.70. The highest BCUT2D eigenvalue weighted by Gasteiger charge is 2.22. The standard InChI is InChI=1S/C14H15FN2OS/c1-9-8-19-14(17-9)7-16-6-12-5-10-4-11(15)2-3-13(10)18-12/h2-4,8,12,16H,5-7H2,1H3. The van der Waals surface area contributed by atoms with Crippen LogP contribution in [0.25, 0.3) is 0 Å². The topological polar surface area (TPSA) is 34.1 Å². The Labute approximate surface area is 115 Å². The number of thiazole rings is 1. The van der Waals surface area contributed by atoms with Gasteiger partial charge in [0.2, 0.25) is 0 Å². The molecule has 3 nitrogen and oxygen atoms in total. The monoisotopic (exact) mass is 278 g/mol. The average Bonchev–Trinajstić information content (AvgIpc) is 2.95. The van der Waals surface area contributed by atoms with Gasteiger partial charge >= 0.3 is 0 Å². The van der Waals surface area contributed by atoms with Crippen molar-refractivity contribution in [3.63, 3.8) is 0 Å². The van der Waals surface area contributed by atoms with Crippen LogP contribution < -0.4 is 10.1 Å². The van der Waals surface area contributed by atoms with E-state index >= 15 is 0 Å². The molecule has 0 saturated heterocycles. The van der Waals surface area contributed by atoms with Gasteiger partial charge in [-0.25, -0.2) is 9.37 Å². The number of nitrogens with zero attached hydrogens (tertiary/aromatic N) is 1. The van der Waals surface area contributed by atoms with Gasteiger partial charge in [0.05, 0.1) is 0 Å². The van der Waals surface area contributed by atoms with Crippen molar-refractivity contribution in [1.29, 1.82) is 0 Å². The molecule has 1 unspecified atom stereocenters. The lowest BCUT2D eigenvalue weighted by Gasteiger charge is -2.10. The van der Waals surface area contributed by atoms with E-state index in [1.165, 1.54) is 6.07 Å². The van der Waals surface area contributed by atoms with Crippen molar-refractivity contribution >= 4 is 11.3 Å². The van der Waals surface area contributed by atoms with E-state index in [1.807, 2.05) is 12.3 Å². The smallest absolute Gasteiger partial charge is 0.123 e. The molecule has 0 aliphatic carbocycles. The van der Waals surface area contributed by atoms with Gasteiger partial charge in [-0.1, -0.05) is 0 Å². The van der Waals surface area contributed by atoms with Gasteiger partial charge in [0.25, 0.3) is 0 Å². The zero-order chi connectivity index (χ0) is 13.2. The maximum Gasteiger partial charge on any atom is 0.123 e. The number of halogens is 1. The van der Waals surface area contributed by atoms with Crippen LogP contribution in [0.5, 0.6) is 5.75 Å². The second-order valence-corrected chi connectivity index (χ2v) is 5.65. The number of hydrogen-bond donors (Lipinski definition) is 1. The highest BCUT2D eigenvalue weighted by Crippen LogP contribution is 2.28. The molecular formula is C14H15FN2OS. The minimum absolute atomic E-state index is 0.0814. The lowest BCUT2D eigenvalue weighted by molar-refractivity contribution is 0.227. The van der Waals surface area contributed by atoms with Crippen molar-refractivity contribution in [3.05, 3.63) is 45.7 Å². The van der Waals surface area contributed by atoms with Gasteiger partial charge in [-0.2, -0.15) is 0 Å². The molecule has 5 heteroatoms. The molecular weight excluding hydrogens is 263 g/mol. The number of aryl methyl sites for hydroxylation is 1. The summed E-state index contributed by atoms with van der Waals surface area (Å²) >= 11 is 1.66. The lowest BCUT2D eigenvalue weighted by Crippen LogP contribution is -2.29. The van der Waals surface area contributed by atoms with E-state index in [2.05, 4.69) is 10.3 Å². The molecule has 2 aromatic rings. The van der Waals surface area contributed by atoms with Crippen molar-refractivity contribution < 1.29 is 9.13 Å². The summed E-state index contributed by atoms with van der Waals surface area (Å²) in [7, 11) is 0. The Morgan fingerprint density at radius 3 is 3.21 bits per heavy atom. The van der Waals surface area contributed by atoms with Gasteiger partial charge in [0, 0.05) is 36.1 Å². The second-order valence-electron chi connectivity index (χ2n) is 4.71. The number of hydrogen-bond acceptors (Lipinski definition) is 4. The number of ether oxygens (including phenoxy) is 1. The minimum atomic E-state index is -0.200. The summed E-state index contributed by atoms with van der Waals surface area (Å²) in [4.78, 5) is 4.39. The number of nitrogens with one attached hydrogen (secondary N) is 1. The van der Waals surface area contributed by atoms with Crippen LogP contribution in [0.15, 0.2) is 23.6 Å². The molecule has 0 amide bonds. The minimum Gasteiger partial charge on any atom is -0.488 e. The average molecular weight is 278 g/mol. The fourth-order valence-corrected chi connectivity index (χ4v) is 2.97. The Morgan fingerprint density at radius 1 is 1.53 bits per heavy atom. The third-order valence-electron chi connectivity index (χ3n) is 3.08. The predicted molar refractivity (Wildman–Crippen MR) is 73.1 cm³/mol. The summed E-state index contributed by atoms with van der Waals surface area (Å²) in [5.41, 5.74) is 2.01. The highest BCUT2D eigenvalue weighted by molar-refractivity contribution is 7.09. The van der Waals surface area contributed by atoms with Crippen LogP contribution in [0.4, 0.5) is 4.39 Å². The van der Waals surface area contributed by atoms with E-state index in [4.69, 9.17) is 4.74 Å². The Kier molecular flexibility index (Phi) is 3.48. The van der Waals surface area contributed by atoms with Crippen molar-refractivity contribution in [2.45, 2.75) is 26.0 Å². The summed E-state index contributed by atoms with van der Waals surface area (Å²) in [5, 5.41) is 6.46. The maximum absolute atomic E-state index is 13.1. The molecule has 1 aromatic heterocycles. The van der Waals surface area contributed by atoms with E-state index in [9.17, 15) is 4.39 Å². The maximum atomic E-state index is 13.1. The van der Waals surface area contributed by atoms with Crippen molar-refractivity contribution in [1.82, 2.24) is 10.3 Å². The van der Waals surface area contributed by atoms with E-state index in [0.29, 0.717) is 0 Å². The van der Waals surface area contributed by atoms with Gasteiger partial charge in [0.15, 0.2) is 0 Å². The first kappa shape index (κ1) is 12.6. The molecule has 2 heterocycles. The first-order valence-corrected chi connectivity index (χ1v) is 7.15. The number of benzene rings is 1. The van der Waals surface area contributed by atoms with E-state index < -0.39 is 0 Å². The Morgan fingerprint density at radius 2 is 2.42 bits per heavy atom. The summed E-state index contributed by atoms with van der Waals surface area (Å²) < 4.78 is 18.8. The van der Waals surface area contributed by atoms with Gasteiger partial charge in [-0.15, -0.1) is 11.3 Å². The Balaban J connectivity index is 1.51. The molecule has 0 fully saturated rings. The molecule has 100 valence electrons. The van der Waals surface area contributed by atoms with Gasteiger partial charge in [-0.3, -0.25) is 0 Å². The molecule has 1 N–H and O–H groups in total. The third kappa shape index (κ3) is 2.93. The zero-order valence-corrected chi connectivity index (χ0v) is 11.5. The van der Waals surface area contributed by atoms with Crippen LogP contribution in [0.3, 0.4) is 0 Å². The van der Waals surface area contributed by atoms with E-state index in [0.717, 1.165) is 41.5 Å². The molecule has 19 heavy (non-hydrogen) atoms.